The number of hydrogen-bond donors (Lipinski definition) is 3. The number of alkyl halides is 3. The molecule has 1 aromatic rings. The average molecular weight is 237 g/mol. The van der Waals surface area contributed by atoms with Crippen LogP contribution >= 0.6 is 0 Å². The van der Waals surface area contributed by atoms with Gasteiger partial charge in [0.25, 0.3) is 0 Å². The first-order valence-corrected chi connectivity index (χ1v) is 4.28. The number of hydrogen-bond acceptors (Lipinski definition) is 4. The van der Waals surface area contributed by atoms with Gasteiger partial charge in [0.1, 0.15) is 11.5 Å². The van der Waals surface area contributed by atoms with E-state index in [2.05, 4.69) is 4.74 Å². The van der Waals surface area contributed by atoms with Gasteiger partial charge >= 0.3 is 6.36 Å². The molecule has 0 unspecified atom stereocenters. The minimum atomic E-state index is -4.85. The molecule has 0 aliphatic carbocycles. The van der Waals surface area contributed by atoms with Crippen LogP contribution in [0.4, 0.5) is 13.2 Å². The number of rotatable bonds is 3. The third-order valence-electron chi connectivity index (χ3n) is 1.82. The smallest absolute Gasteiger partial charge is 0.508 e. The predicted molar refractivity (Wildman–Crippen MR) is 48.8 cm³/mol. The maximum absolute atomic E-state index is 12.0. The van der Waals surface area contributed by atoms with E-state index in [9.17, 15) is 13.2 Å². The number of ether oxygens (including phenoxy) is 1. The number of benzene rings is 1. The largest absolute Gasteiger partial charge is 0.573 e. The number of aromatic hydroxyl groups is 1. The SMILES string of the molecule is N[C@H](CO)c1cc(O)ccc1OC(F)(F)F. The Labute approximate surface area is 89.1 Å². The molecule has 90 valence electrons. The fraction of sp³-hybridized carbons (Fsp3) is 0.333. The first kappa shape index (κ1) is 12.6. The molecule has 0 amide bonds. The van der Waals surface area contributed by atoms with Gasteiger partial charge in [-0.05, 0) is 18.2 Å². The standard InChI is InChI=1S/C9H10F3NO3/c10-9(11,12)16-8-2-1-5(15)3-6(8)7(13)4-14/h1-3,7,14-15H,4,13H2/t7-/m1/s1. The Hall–Kier alpha value is -1.47. The summed E-state index contributed by atoms with van der Waals surface area (Å²) in [6, 6.07) is 1.94. The molecule has 1 aromatic carbocycles. The summed E-state index contributed by atoms with van der Waals surface area (Å²) in [6.07, 6.45) is -4.85. The number of halogens is 3. The molecular formula is C9H10F3NO3. The van der Waals surface area contributed by atoms with E-state index in [4.69, 9.17) is 15.9 Å². The van der Waals surface area contributed by atoms with Gasteiger partial charge in [-0.1, -0.05) is 0 Å². The van der Waals surface area contributed by atoms with Gasteiger partial charge in [0.15, 0.2) is 0 Å². The van der Waals surface area contributed by atoms with E-state index in [-0.39, 0.29) is 11.3 Å². The van der Waals surface area contributed by atoms with E-state index in [1.807, 2.05) is 0 Å². The Bertz CT molecular complexity index is 368. The van der Waals surface area contributed by atoms with Crippen LogP contribution in [0.3, 0.4) is 0 Å². The molecular weight excluding hydrogens is 227 g/mol. The van der Waals surface area contributed by atoms with Gasteiger partial charge in [0, 0.05) is 5.56 Å². The maximum atomic E-state index is 12.0. The van der Waals surface area contributed by atoms with Gasteiger partial charge in [-0.3, -0.25) is 0 Å². The summed E-state index contributed by atoms with van der Waals surface area (Å²) in [5.74, 6) is -0.791. The van der Waals surface area contributed by atoms with Crippen molar-refractivity contribution in [3.63, 3.8) is 0 Å². The Morgan fingerprint density at radius 3 is 2.50 bits per heavy atom. The van der Waals surface area contributed by atoms with Crippen LogP contribution in [0.1, 0.15) is 11.6 Å². The van der Waals surface area contributed by atoms with Crippen LogP contribution in [-0.2, 0) is 0 Å². The normalized spacial score (nSPS) is 13.6. The van der Waals surface area contributed by atoms with Crippen molar-refractivity contribution in [1.29, 1.82) is 0 Å². The molecule has 16 heavy (non-hydrogen) atoms. The van der Waals surface area contributed by atoms with Gasteiger partial charge in [0.05, 0.1) is 12.6 Å². The van der Waals surface area contributed by atoms with Crippen LogP contribution in [0.15, 0.2) is 18.2 Å². The lowest BCUT2D eigenvalue weighted by molar-refractivity contribution is -0.275. The molecule has 0 bridgehead atoms. The second-order valence-electron chi connectivity index (χ2n) is 3.06. The number of phenolic OH excluding ortho intramolecular Hbond substituents is 1. The van der Waals surface area contributed by atoms with Crippen molar-refractivity contribution in [2.75, 3.05) is 6.61 Å². The van der Waals surface area contributed by atoms with Gasteiger partial charge < -0.3 is 20.7 Å². The summed E-state index contributed by atoms with van der Waals surface area (Å²) in [4.78, 5) is 0. The molecule has 0 saturated heterocycles. The minimum absolute atomic E-state index is 0.111. The first-order chi connectivity index (χ1) is 7.33. The lowest BCUT2D eigenvalue weighted by atomic mass is 10.1. The minimum Gasteiger partial charge on any atom is -0.508 e. The zero-order chi connectivity index (χ0) is 12.3. The lowest BCUT2D eigenvalue weighted by Crippen LogP contribution is -2.21. The zero-order valence-electron chi connectivity index (χ0n) is 8.03. The molecule has 7 heteroatoms. The van der Waals surface area contributed by atoms with Crippen molar-refractivity contribution in [1.82, 2.24) is 0 Å². The summed E-state index contributed by atoms with van der Waals surface area (Å²) in [5.41, 5.74) is 5.26. The molecule has 4 nitrogen and oxygen atoms in total. The molecule has 0 saturated carbocycles. The van der Waals surface area contributed by atoms with E-state index in [1.165, 1.54) is 0 Å². The van der Waals surface area contributed by atoms with Crippen LogP contribution in [0, 0.1) is 0 Å². The molecule has 1 atom stereocenters. The number of nitrogens with two attached hydrogens (primary N) is 1. The molecule has 0 fully saturated rings. The summed E-state index contributed by atoms with van der Waals surface area (Å²) >= 11 is 0. The van der Waals surface area contributed by atoms with Crippen molar-refractivity contribution in [2.24, 2.45) is 5.73 Å². The topological polar surface area (TPSA) is 75.7 Å². The van der Waals surface area contributed by atoms with Gasteiger partial charge in [-0.15, -0.1) is 13.2 Å². The Morgan fingerprint density at radius 1 is 1.38 bits per heavy atom. The van der Waals surface area contributed by atoms with Gasteiger partial charge in [0.2, 0.25) is 0 Å². The number of aliphatic hydroxyl groups excluding tert-OH is 1. The van der Waals surface area contributed by atoms with Crippen LogP contribution in [0.25, 0.3) is 0 Å². The Morgan fingerprint density at radius 2 is 2.00 bits per heavy atom. The third kappa shape index (κ3) is 3.28. The number of aliphatic hydroxyl groups is 1. The van der Waals surface area contributed by atoms with E-state index in [0.29, 0.717) is 0 Å². The van der Waals surface area contributed by atoms with Crippen LogP contribution in [-0.4, -0.2) is 23.2 Å². The average Bonchev–Trinajstić information content (AvgIpc) is 2.17. The van der Waals surface area contributed by atoms with Gasteiger partial charge in [-0.25, -0.2) is 0 Å². The fourth-order valence-electron chi connectivity index (χ4n) is 1.14. The van der Waals surface area contributed by atoms with Crippen molar-refractivity contribution in [3.05, 3.63) is 23.8 Å². The molecule has 1 rings (SSSR count). The highest BCUT2D eigenvalue weighted by atomic mass is 19.4. The first-order valence-electron chi connectivity index (χ1n) is 4.28. The molecule has 0 heterocycles. The van der Waals surface area contributed by atoms with Crippen LogP contribution in [0.5, 0.6) is 11.5 Å². The Kier molecular flexibility index (Phi) is 3.61. The quantitative estimate of drug-likeness (QED) is 0.740. The van der Waals surface area contributed by atoms with E-state index in [1.54, 1.807) is 0 Å². The van der Waals surface area contributed by atoms with Crippen LogP contribution < -0.4 is 10.5 Å². The molecule has 0 aliphatic rings. The zero-order valence-corrected chi connectivity index (χ0v) is 8.03. The Balaban J connectivity index is 3.07. The number of phenols is 1. The summed E-state index contributed by atoms with van der Waals surface area (Å²) in [7, 11) is 0. The summed E-state index contributed by atoms with van der Waals surface area (Å²) in [5, 5.41) is 17.9. The van der Waals surface area contributed by atoms with Crippen molar-refractivity contribution in [2.45, 2.75) is 12.4 Å². The summed E-state index contributed by atoms with van der Waals surface area (Å²) in [6.45, 7) is -0.558. The third-order valence-corrected chi connectivity index (χ3v) is 1.82. The highest BCUT2D eigenvalue weighted by molar-refractivity contribution is 5.41. The molecule has 0 radical (unpaired) electrons. The van der Waals surface area contributed by atoms with Gasteiger partial charge in [-0.2, -0.15) is 0 Å². The molecule has 0 spiro atoms. The maximum Gasteiger partial charge on any atom is 0.573 e. The van der Waals surface area contributed by atoms with Crippen molar-refractivity contribution < 1.29 is 28.1 Å². The monoisotopic (exact) mass is 237 g/mol. The van der Waals surface area contributed by atoms with E-state index in [0.717, 1.165) is 18.2 Å². The highest BCUT2D eigenvalue weighted by Crippen LogP contribution is 2.31. The summed E-state index contributed by atoms with van der Waals surface area (Å²) < 4.78 is 39.7. The van der Waals surface area contributed by atoms with E-state index >= 15 is 0 Å². The van der Waals surface area contributed by atoms with Crippen LogP contribution in [0.2, 0.25) is 0 Å². The van der Waals surface area contributed by atoms with Crippen molar-refractivity contribution >= 4 is 0 Å². The predicted octanol–water partition coefficient (Wildman–Crippen LogP) is 1.28. The van der Waals surface area contributed by atoms with E-state index < -0.39 is 24.8 Å². The van der Waals surface area contributed by atoms with Crippen molar-refractivity contribution in [3.8, 4) is 11.5 Å². The molecule has 0 aliphatic heterocycles. The second kappa shape index (κ2) is 4.58. The molecule has 0 aromatic heterocycles. The highest BCUT2D eigenvalue weighted by Gasteiger charge is 2.32. The fourth-order valence-corrected chi connectivity index (χ4v) is 1.14. The second-order valence-corrected chi connectivity index (χ2v) is 3.06. The molecule has 4 N–H and O–H groups in total. The lowest BCUT2D eigenvalue weighted by Gasteiger charge is -2.16.